The Morgan fingerprint density at radius 1 is 1.10 bits per heavy atom. The van der Waals surface area contributed by atoms with Crippen LogP contribution in [0.2, 0.25) is 0 Å². The average Bonchev–Trinajstić information content (AvgIpc) is 2.77. The molecule has 0 unspecified atom stereocenters. The number of carbonyl (C=O) groups excluding carboxylic acids is 1. The molecule has 0 amide bonds. The summed E-state index contributed by atoms with van der Waals surface area (Å²) in [6, 6.07) is 12.8. The van der Waals surface area contributed by atoms with Gasteiger partial charge < -0.3 is 18.8 Å². The van der Waals surface area contributed by atoms with Gasteiger partial charge in [-0.1, -0.05) is 20.3 Å². The van der Waals surface area contributed by atoms with E-state index in [0.717, 1.165) is 47.2 Å². The molecule has 2 aromatic carbocycles. The number of ether oxygens (including phenoxy) is 2. The van der Waals surface area contributed by atoms with E-state index >= 15 is 0 Å². The molecule has 0 N–H and O–H groups in total. The van der Waals surface area contributed by atoms with Crippen molar-refractivity contribution < 1.29 is 18.7 Å². The van der Waals surface area contributed by atoms with Gasteiger partial charge in [0.05, 0.1) is 24.3 Å². The van der Waals surface area contributed by atoms with Gasteiger partial charge in [-0.2, -0.15) is 0 Å². The molecule has 0 bridgehead atoms. The van der Waals surface area contributed by atoms with Crippen molar-refractivity contribution in [3.63, 3.8) is 0 Å². The summed E-state index contributed by atoms with van der Waals surface area (Å²) in [7, 11) is 0. The van der Waals surface area contributed by atoms with Crippen LogP contribution in [-0.2, 0) is 17.7 Å². The maximum absolute atomic E-state index is 12.1. The van der Waals surface area contributed by atoms with Crippen LogP contribution in [0, 0.1) is 0 Å². The summed E-state index contributed by atoms with van der Waals surface area (Å²) in [5.74, 6) is 0.412. The van der Waals surface area contributed by atoms with Crippen LogP contribution in [0.1, 0.15) is 48.2 Å². The number of fused-ring (bicyclic) bond motifs is 3. The third-order valence-electron chi connectivity index (χ3n) is 5.21. The standard InChI is InChI=1S/C24H25NO5/c1-3-5-17-13-22(26)30-23-19(17)10-11-21-20(23)14-25(15-29-21)18-8-6-16(7-9-18)24(27)28-12-4-2/h6-11,13H,3-5,12,14-15H2,1-2H3. The first-order valence-corrected chi connectivity index (χ1v) is 10.3. The Hall–Kier alpha value is -3.28. The molecule has 1 aromatic heterocycles. The normalized spacial score (nSPS) is 13.1. The molecule has 0 saturated heterocycles. The fourth-order valence-electron chi connectivity index (χ4n) is 3.73. The third-order valence-corrected chi connectivity index (χ3v) is 5.21. The first-order valence-electron chi connectivity index (χ1n) is 10.3. The van der Waals surface area contributed by atoms with E-state index in [1.165, 1.54) is 0 Å². The van der Waals surface area contributed by atoms with Crippen LogP contribution in [0.3, 0.4) is 0 Å². The number of esters is 1. The van der Waals surface area contributed by atoms with Gasteiger partial charge in [-0.25, -0.2) is 9.59 Å². The number of carbonyl (C=O) groups is 1. The smallest absolute Gasteiger partial charge is 0.338 e. The van der Waals surface area contributed by atoms with Crippen LogP contribution in [0.15, 0.2) is 51.7 Å². The van der Waals surface area contributed by atoms with Crippen molar-refractivity contribution in [1.82, 2.24) is 0 Å². The number of benzene rings is 2. The second-order valence-electron chi connectivity index (χ2n) is 7.41. The van der Waals surface area contributed by atoms with Crippen molar-refractivity contribution in [2.45, 2.75) is 39.7 Å². The van der Waals surface area contributed by atoms with Gasteiger partial charge in [-0.3, -0.25) is 0 Å². The second-order valence-corrected chi connectivity index (χ2v) is 7.41. The topological polar surface area (TPSA) is 69.0 Å². The molecule has 0 atom stereocenters. The molecule has 2 heterocycles. The largest absolute Gasteiger partial charge is 0.473 e. The minimum absolute atomic E-state index is 0.320. The summed E-state index contributed by atoms with van der Waals surface area (Å²) in [6.07, 6.45) is 2.56. The zero-order valence-electron chi connectivity index (χ0n) is 17.3. The Morgan fingerprint density at radius 2 is 1.90 bits per heavy atom. The van der Waals surface area contributed by atoms with Crippen molar-refractivity contribution in [2.75, 3.05) is 18.2 Å². The van der Waals surface area contributed by atoms with Crippen LogP contribution in [0.25, 0.3) is 11.0 Å². The van der Waals surface area contributed by atoms with Crippen LogP contribution in [-0.4, -0.2) is 19.3 Å². The van der Waals surface area contributed by atoms with Gasteiger partial charge in [-0.15, -0.1) is 0 Å². The van der Waals surface area contributed by atoms with Gasteiger partial charge in [0.2, 0.25) is 0 Å². The molecule has 156 valence electrons. The first-order chi connectivity index (χ1) is 14.6. The Bertz CT molecular complexity index is 1120. The van der Waals surface area contributed by atoms with E-state index in [9.17, 15) is 9.59 Å². The highest BCUT2D eigenvalue weighted by molar-refractivity contribution is 5.90. The van der Waals surface area contributed by atoms with E-state index < -0.39 is 0 Å². The Morgan fingerprint density at radius 3 is 2.63 bits per heavy atom. The molecule has 0 fully saturated rings. The minimum atomic E-state index is -0.341. The Labute approximate surface area is 175 Å². The number of aryl methyl sites for hydroxylation is 1. The molecule has 6 heteroatoms. The lowest BCUT2D eigenvalue weighted by Gasteiger charge is -2.31. The molecular formula is C24H25NO5. The molecular weight excluding hydrogens is 382 g/mol. The highest BCUT2D eigenvalue weighted by Crippen LogP contribution is 2.35. The molecule has 0 spiro atoms. The van der Waals surface area contributed by atoms with Gasteiger partial charge >= 0.3 is 11.6 Å². The average molecular weight is 407 g/mol. The van der Waals surface area contributed by atoms with Crippen LogP contribution in [0.4, 0.5) is 5.69 Å². The number of anilines is 1. The van der Waals surface area contributed by atoms with Crippen LogP contribution < -0.4 is 15.3 Å². The molecule has 0 radical (unpaired) electrons. The molecule has 4 rings (SSSR count). The maximum atomic E-state index is 12.1. The van der Waals surface area contributed by atoms with Gasteiger partial charge in [-0.05, 0) is 54.8 Å². The molecule has 30 heavy (non-hydrogen) atoms. The van der Waals surface area contributed by atoms with Crippen molar-refractivity contribution in [1.29, 1.82) is 0 Å². The number of rotatable bonds is 6. The summed E-state index contributed by atoms with van der Waals surface area (Å²) >= 11 is 0. The maximum Gasteiger partial charge on any atom is 0.338 e. The third kappa shape index (κ3) is 3.90. The van der Waals surface area contributed by atoms with E-state index in [1.54, 1.807) is 18.2 Å². The Balaban J connectivity index is 1.63. The molecule has 1 aliphatic rings. The van der Waals surface area contributed by atoms with Gasteiger partial charge in [0, 0.05) is 17.1 Å². The van der Waals surface area contributed by atoms with E-state index in [1.807, 2.05) is 36.1 Å². The molecule has 0 saturated carbocycles. The lowest BCUT2D eigenvalue weighted by Crippen LogP contribution is -2.32. The summed E-state index contributed by atoms with van der Waals surface area (Å²) in [4.78, 5) is 26.2. The highest BCUT2D eigenvalue weighted by atomic mass is 16.5. The predicted octanol–water partition coefficient (Wildman–Crippen LogP) is 4.67. The molecule has 6 nitrogen and oxygen atoms in total. The Kier molecular flexibility index (Phi) is 5.74. The highest BCUT2D eigenvalue weighted by Gasteiger charge is 2.23. The van der Waals surface area contributed by atoms with Crippen molar-refractivity contribution in [2.24, 2.45) is 0 Å². The zero-order valence-corrected chi connectivity index (χ0v) is 17.3. The van der Waals surface area contributed by atoms with Crippen molar-refractivity contribution >= 4 is 22.6 Å². The van der Waals surface area contributed by atoms with Crippen LogP contribution >= 0.6 is 0 Å². The van der Waals surface area contributed by atoms with Crippen molar-refractivity contribution in [3.05, 3.63) is 69.6 Å². The number of hydrogen-bond acceptors (Lipinski definition) is 6. The quantitative estimate of drug-likeness (QED) is 0.437. The monoisotopic (exact) mass is 407 g/mol. The lowest BCUT2D eigenvalue weighted by atomic mass is 10.0. The minimum Gasteiger partial charge on any atom is -0.473 e. The summed E-state index contributed by atoms with van der Waals surface area (Å²) < 4.78 is 16.7. The van der Waals surface area contributed by atoms with E-state index in [-0.39, 0.29) is 11.6 Å². The van der Waals surface area contributed by atoms with Crippen molar-refractivity contribution in [3.8, 4) is 5.75 Å². The summed E-state index contributed by atoms with van der Waals surface area (Å²) in [5, 5.41) is 0.953. The fraction of sp³-hybridized carbons (Fsp3) is 0.333. The molecule has 0 aliphatic carbocycles. The summed E-state index contributed by atoms with van der Waals surface area (Å²) in [5.41, 5.74) is 3.54. The lowest BCUT2D eigenvalue weighted by molar-refractivity contribution is 0.0505. The van der Waals surface area contributed by atoms with E-state index in [0.29, 0.717) is 31.0 Å². The SMILES string of the molecule is CCCOC(=O)c1ccc(N2COc3ccc4c(CCC)cc(=O)oc4c3C2)cc1. The molecule has 3 aromatic rings. The first kappa shape index (κ1) is 20.0. The summed E-state index contributed by atoms with van der Waals surface area (Å²) in [6.45, 7) is 5.38. The fourth-order valence-corrected chi connectivity index (χ4v) is 3.73. The van der Waals surface area contributed by atoms with Gasteiger partial charge in [0.1, 0.15) is 11.3 Å². The van der Waals surface area contributed by atoms with Crippen LogP contribution in [0.5, 0.6) is 5.75 Å². The molecule has 1 aliphatic heterocycles. The van der Waals surface area contributed by atoms with Gasteiger partial charge in [0.25, 0.3) is 0 Å². The second kappa shape index (κ2) is 8.61. The van der Waals surface area contributed by atoms with E-state index in [2.05, 4.69) is 6.92 Å². The predicted molar refractivity (Wildman–Crippen MR) is 115 cm³/mol. The number of hydrogen-bond donors (Lipinski definition) is 0. The van der Waals surface area contributed by atoms with Gasteiger partial charge in [0.15, 0.2) is 6.73 Å². The zero-order chi connectivity index (χ0) is 21.1. The van der Waals surface area contributed by atoms with E-state index in [4.69, 9.17) is 13.9 Å². The number of nitrogens with zero attached hydrogens (tertiary/aromatic N) is 1.